The zero-order chi connectivity index (χ0) is 18.4. The summed E-state index contributed by atoms with van der Waals surface area (Å²) in [6.07, 6.45) is 0.113. The molecule has 2 atom stereocenters. The highest BCUT2D eigenvalue weighted by Gasteiger charge is 2.21. The molecule has 0 saturated carbocycles. The summed E-state index contributed by atoms with van der Waals surface area (Å²) >= 11 is 1.47. The van der Waals surface area contributed by atoms with Gasteiger partial charge in [-0.2, -0.15) is 0 Å². The Balaban J connectivity index is 2.07. The number of aryl methyl sites for hydroxylation is 1. The summed E-state index contributed by atoms with van der Waals surface area (Å²) in [5.41, 5.74) is 7.22. The smallest absolute Gasteiger partial charge is 0.312 e. The van der Waals surface area contributed by atoms with Crippen LogP contribution in [-0.4, -0.2) is 19.0 Å². The number of nitrogens with one attached hydrogen (secondary N) is 2. The quantitative estimate of drug-likeness (QED) is 0.707. The van der Waals surface area contributed by atoms with E-state index in [9.17, 15) is 9.59 Å². The third-order valence-corrected chi connectivity index (χ3v) is 4.81. The van der Waals surface area contributed by atoms with Gasteiger partial charge >= 0.3 is 6.03 Å². The van der Waals surface area contributed by atoms with E-state index in [0.717, 1.165) is 21.8 Å². The van der Waals surface area contributed by atoms with Crippen LogP contribution in [0, 0.1) is 6.92 Å². The lowest BCUT2D eigenvalue weighted by atomic mass is 10.0. The van der Waals surface area contributed by atoms with E-state index in [4.69, 9.17) is 10.5 Å². The van der Waals surface area contributed by atoms with E-state index >= 15 is 0 Å². The van der Waals surface area contributed by atoms with Crippen LogP contribution in [0.5, 0.6) is 5.75 Å². The summed E-state index contributed by atoms with van der Waals surface area (Å²) in [4.78, 5) is 24.6. The predicted octanol–water partition coefficient (Wildman–Crippen LogP) is 3.04. The highest BCUT2D eigenvalue weighted by atomic mass is 32.1. The SMILES string of the molecule is COc1ccc(C)cc1C(C)NC(=O)CC(NC(N)=O)c1cccs1. The second-order valence-corrected chi connectivity index (χ2v) is 6.79. The van der Waals surface area contributed by atoms with E-state index in [1.807, 2.05) is 49.6 Å². The second-order valence-electron chi connectivity index (χ2n) is 5.82. The van der Waals surface area contributed by atoms with Gasteiger partial charge in [-0.15, -0.1) is 11.3 Å². The molecule has 7 heteroatoms. The van der Waals surface area contributed by atoms with Crippen LogP contribution < -0.4 is 21.1 Å². The summed E-state index contributed by atoms with van der Waals surface area (Å²) < 4.78 is 5.37. The first-order chi connectivity index (χ1) is 11.9. The molecule has 0 aliphatic rings. The minimum atomic E-state index is -0.653. The number of methoxy groups -OCH3 is 1. The molecule has 0 bridgehead atoms. The van der Waals surface area contributed by atoms with E-state index < -0.39 is 12.1 Å². The van der Waals surface area contributed by atoms with Gasteiger partial charge in [0.2, 0.25) is 5.91 Å². The van der Waals surface area contributed by atoms with Crippen molar-refractivity contribution in [2.24, 2.45) is 5.73 Å². The zero-order valence-electron chi connectivity index (χ0n) is 14.5. The molecule has 0 spiro atoms. The van der Waals surface area contributed by atoms with Gasteiger partial charge in [-0.25, -0.2) is 4.79 Å². The van der Waals surface area contributed by atoms with E-state index in [1.165, 1.54) is 11.3 Å². The molecule has 2 aromatic rings. The molecule has 1 aromatic carbocycles. The molecular formula is C18H23N3O3S. The fourth-order valence-corrected chi connectivity index (χ4v) is 3.42. The lowest BCUT2D eigenvalue weighted by Crippen LogP contribution is -2.37. The molecule has 0 aliphatic carbocycles. The van der Waals surface area contributed by atoms with Gasteiger partial charge in [0, 0.05) is 10.4 Å². The number of hydrogen-bond donors (Lipinski definition) is 3. The molecule has 25 heavy (non-hydrogen) atoms. The first kappa shape index (κ1) is 18.8. The molecule has 3 amide bonds. The summed E-state index contributed by atoms with van der Waals surface area (Å²) in [5, 5.41) is 7.47. The van der Waals surface area contributed by atoms with E-state index in [0.29, 0.717) is 0 Å². The van der Waals surface area contributed by atoms with Gasteiger partial charge in [-0.1, -0.05) is 23.8 Å². The van der Waals surface area contributed by atoms with Gasteiger partial charge in [-0.3, -0.25) is 4.79 Å². The number of carbonyl (C=O) groups is 2. The fraction of sp³-hybridized carbons (Fsp3) is 0.333. The summed E-state index contributed by atoms with van der Waals surface area (Å²) in [7, 11) is 1.60. The van der Waals surface area contributed by atoms with Crippen LogP contribution in [-0.2, 0) is 4.79 Å². The van der Waals surface area contributed by atoms with Crippen molar-refractivity contribution in [3.63, 3.8) is 0 Å². The molecule has 0 radical (unpaired) electrons. The maximum absolute atomic E-state index is 12.5. The number of ether oxygens (including phenoxy) is 1. The molecule has 134 valence electrons. The van der Waals surface area contributed by atoms with Crippen molar-refractivity contribution in [1.82, 2.24) is 10.6 Å². The van der Waals surface area contributed by atoms with Crippen LogP contribution in [0.3, 0.4) is 0 Å². The minimum absolute atomic E-state index is 0.113. The molecule has 6 nitrogen and oxygen atoms in total. The zero-order valence-corrected chi connectivity index (χ0v) is 15.4. The number of nitrogens with two attached hydrogens (primary N) is 1. The monoisotopic (exact) mass is 361 g/mol. The van der Waals surface area contributed by atoms with E-state index in [1.54, 1.807) is 7.11 Å². The molecule has 4 N–H and O–H groups in total. The first-order valence-corrected chi connectivity index (χ1v) is 8.82. The molecule has 2 rings (SSSR count). The van der Waals surface area contributed by atoms with E-state index in [-0.39, 0.29) is 18.4 Å². The van der Waals surface area contributed by atoms with Gasteiger partial charge in [0.25, 0.3) is 0 Å². The molecule has 0 aliphatic heterocycles. The van der Waals surface area contributed by atoms with Crippen LogP contribution >= 0.6 is 11.3 Å². The molecule has 0 saturated heterocycles. The van der Waals surface area contributed by atoms with Gasteiger partial charge in [0.15, 0.2) is 0 Å². The van der Waals surface area contributed by atoms with Crippen molar-refractivity contribution in [3.8, 4) is 5.75 Å². The van der Waals surface area contributed by atoms with Crippen molar-refractivity contribution >= 4 is 23.3 Å². The molecule has 0 fully saturated rings. The maximum Gasteiger partial charge on any atom is 0.312 e. The Morgan fingerprint density at radius 3 is 2.64 bits per heavy atom. The van der Waals surface area contributed by atoms with Crippen molar-refractivity contribution in [1.29, 1.82) is 0 Å². The van der Waals surface area contributed by atoms with Gasteiger partial charge in [0.1, 0.15) is 5.75 Å². The van der Waals surface area contributed by atoms with Crippen molar-refractivity contribution in [2.75, 3.05) is 7.11 Å². The second kappa shape index (κ2) is 8.53. The van der Waals surface area contributed by atoms with Crippen molar-refractivity contribution in [2.45, 2.75) is 32.4 Å². The number of amides is 3. The Kier molecular flexibility index (Phi) is 6.41. The van der Waals surface area contributed by atoms with Crippen LogP contribution in [0.15, 0.2) is 35.7 Å². The molecule has 2 unspecified atom stereocenters. The largest absolute Gasteiger partial charge is 0.496 e. The fourth-order valence-electron chi connectivity index (χ4n) is 2.64. The topological polar surface area (TPSA) is 93.4 Å². The predicted molar refractivity (Wildman–Crippen MR) is 98.7 cm³/mol. The number of urea groups is 1. The maximum atomic E-state index is 12.5. The van der Waals surface area contributed by atoms with E-state index in [2.05, 4.69) is 10.6 Å². The summed E-state index contributed by atoms with van der Waals surface area (Å²) in [6.45, 7) is 3.89. The summed E-state index contributed by atoms with van der Waals surface area (Å²) in [5.74, 6) is 0.548. The lowest BCUT2D eigenvalue weighted by Gasteiger charge is -2.20. The van der Waals surface area contributed by atoms with Gasteiger partial charge < -0.3 is 21.1 Å². The van der Waals surface area contributed by atoms with Crippen LogP contribution in [0.25, 0.3) is 0 Å². The Morgan fingerprint density at radius 1 is 1.28 bits per heavy atom. The van der Waals surface area contributed by atoms with Crippen LogP contribution in [0.1, 0.15) is 41.4 Å². The lowest BCUT2D eigenvalue weighted by molar-refractivity contribution is -0.122. The van der Waals surface area contributed by atoms with Crippen molar-refractivity contribution in [3.05, 3.63) is 51.7 Å². The van der Waals surface area contributed by atoms with Gasteiger partial charge in [-0.05, 0) is 31.4 Å². The third kappa shape index (κ3) is 5.22. The average Bonchev–Trinajstić information content (AvgIpc) is 3.08. The number of primary amides is 1. The highest BCUT2D eigenvalue weighted by Crippen LogP contribution is 2.27. The molecular weight excluding hydrogens is 338 g/mol. The highest BCUT2D eigenvalue weighted by molar-refractivity contribution is 7.10. The van der Waals surface area contributed by atoms with Crippen LogP contribution in [0.2, 0.25) is 0 Å². The molecule has 1 heterocycles. The Morgan fingerprint density at radius 2 is 2.04 bits per heavy atom. The minimum Gasteiger partial charge on any atom is -0.496 e. The average molecular weight is 361 g/mol. The standard InChI is InChI=1S/C18H23N3O3S/c1-11-6-7-15(24-3)13(9-11)12(2)20-17(22)10-14(21-18(19)23)16-5-4-8-25-16/h4-9,12,14H,10H2,1-3H3,(H,20,22)(H3,19,21,23). The summed E-state index contributed by atoms with van der Waals surface area (Å²) in [6, 6.07) is 8.25. The Labute approximate surface area is 151 Å². The Hall–Kier alpha value is -2.54. The number of hydrogen-bond acceptors (Lipinski definition) is 4. The number of thiophene rings is 1. The first-order valence-electron chi connectivity index (χ1n) is 7.94. The third-order valence-electron chi connectivity index (χ3n) is 3.82. The number of benzene rings is 1. The molecule has 1 aromatic heterocycles. The van der Waals surface area contributed by atoms with Crippen LogP contribution in [0.4, 0.5) is 4.79 Å². The van der Waals surface area contributed by atoms with Crippen molar-refractivity contribution < 1.29 is 14.3 Å². The van der Waals surface area contributed by atoms with Gasteiger partial charge in [0.05, 0.1) is 25.6 Å². The Bertz CT molecular complexity index is 731. The normalized spacial score (nSPS) is 12.9. The number of rotatable bonds is 7. The number of carbonyl (C=O) groups excluding carboxylic acids is 2.